The summed E-state index contributed by atoms with van der Waals surface area (Å²) in [6.07, 6.45) is 0. The topological polar surface area (TPSA) is 50.2 Å². The van der Waals surface area contributed by atoms with Crippen LogP contribution in [0.1, 0.15) is 25.1 Å². The fraction of sp³-hybridized carbons (Fsp3) is 0.412. The lowest BCUT2D eigenvalue weighted by Crippen LogP contribution is -2.38. The Morgan fingerprint density at radius 2 is 2.00 bits per heavy atom. The number of aryl methyl sites for hydroxylation is 1. The molecular formula is C17H23ClN4O. The van der Waals surface area contributed by atoms with Crippen molar-refractivity contribution in [1.82, 2.24) is 20.0 Å². The second kappa shape index (κ2) is 7.62. The van der Waals surface area contributed by atoms with E-state index in [4.69, 9.17) is 11.6 Å². The summed E-state index contributed by atoms with van der Waals surface area (Å²) >= 11 is 6.50. The molecule has 0 saturated carbocycles. The smallest absolute Gasteiger partial charge is 0.234 e. The average Bonchev–Trinajstić information content (AvgIpc) is 2.75. The molecule has 0 bridgehead atoms. The second-order valence-corrected chi connectivity index (χ2v) is 6.35. The van der Waals surface area contributed by atoms with E-state index in [0.717, 1.165) is 16.9 Å². The molecule has 0 atom stereocenters. The minimum absolute atomic E-state index is 0.00623. The number of benzene rings is 1. The van der Waals surface area contributed by atoms with E-state index in [0.29, 0.717) is 18.2 Å². The van der Waals surface area contributed by atoms with E-state index in [2.05, 4.69) is 10.4 Å². The lowest BCUT2D eigenvalue weighted by atomic mass is 10.2. The van der Waals surface area contributed by atoms with Gasteiger partial charge in [-0.2, -0.15) is 5.10 Å². The standard InChI is InChI=1S/C17H23ClN4O/c1-12(2)19-16(23)11-21(4)10-15-13(3)20-22(17(15)18)14-8-6-5-7-9-14/h5-9,12H,10-11H2,1-4H3,(H,19,23). The molecule has 0 radical (unpaired) electrons. The van der Waals surface area contributed by atoms with E-state index in [1.165, 1.54) is 0 Å². The van der Waals surface area contributed by atoms with Crippen molar-refractivity contribution in [1.29, 1.82) is 0 Å². The van der Waals surface area contributed by atoms with E-state index in [-0.39, 0.29) is 11.9 Å². The van der Waals surface area contributed by atoms with Gasteiger partial charge in [0.05, 0.1) is 17.9 Å². The Kier molecular flexibility index (Phi) is 5.80. The number of carbonyl (C=O) groups is 1. The van der Waals surface area contributed by atoms with Gasteiger partial charge in [-0.05, 0) is 40.0 Å². The number of halogens is 1. The number of hydrogen-bond donors (Lipinski definition) is 1. The van der Waals surface area contributed by atoms with Crippen molar-refractivity contribution < 1.29 is 4.79 Å². The number of amides is 1. The molecule has 23 heavy (non-hydrogen) atoms. The van der Waals surface area contributed by atoms with E-state index < -0.39 is 0 Å². The van der Waals surface area contributed by atoms with E-state index in [1.54, 1.807) is 4.68 Å². The molecule has 5 nitrogen and oxygen atoms in total. The van der Waals surface area contributed by atoms with E-state index in [1.807, 2.05) is 63.1 Å². The van der Waals surface area contributed by atoms with Gasteiger partial charge in [0, 0.05) is 18.2 Å². The van der Waals surface area contributed by atoms with Crippen LogP contribution in [0.5, 0.6) is 0 Å². The van der Waals surface area contributed by atoms with Gasteiger partial charge in [-0.3, -0.25) is 9.69 Å². The molecule has 2 rings (SSSR count). The summed E-state index contributed by atoms with van der Waals surface area (Å²) in [4.78, 5) is 13.8. The monoisotopic (exact) mass is 334 g/mol. The predicted octanol–water partition coefficient (Wildman–Crippen LogP) is 2.79. The third-order valence-corrected chi connectivity index (χ3v) is 3.80. The molecule has 0 fully saturated rings. The summed E-state index contributed by atoms with van der Waals surface area (Å²) in [5.41, 5.74) is 2.73. The van der Waals surface area contributed by atoms with Crippen LogP contribution in [0, 0.1) is 6.92 Å². The van der Waals surface area contributed by atoms with Crippen LogP contribution in [-0.2, 0) is 11.3 Å². The number of nitrogens with zero attached hydrogens (tertiary/aromatic N) is 3. The first-order valence-electron chi connectivity index (χ1n) is 7.65. The zero-order valence-electron chi connectivity index (χ0n) is 14.0. The Hall–Kier alpha value is -1.85. The molecule has 2 aromatic rings. The van der Waals surface area contributed by atoms with Gasteiger partial charge in [0.2, 0.25) is 5.91 Å². The lowest BCUT2D eigenvalue weighted by Gasteiger charge is -2.17. The molecule has 0 saturated heterocycles. The number of rotatable bonds is 6. The first-order chi connectivity index (χ1) is 10.9. The third-order valence-electron chi connectivity index (χ3n) is 3.41. The summed E-state index contributed by atoms with van der Waals surface area (Å²) < 4.78 is 1.73. The molecule has 0 aliphatic rings. The highest BCUT2D eigenvalue weighted by molar-refractivity contribution is 6.30. The number of aromatic nitrogens is 2. The Morgan fingerprint density at radius 1 is 1.35 bits per heavy atom. The Balaban J connectivity index is 2.12. The quantitative estimate of drug-likeness (QED) is 0.883. The molecule has 1 aromatic carbocycles. The van der Waals surface area contributed by atoms with Crippen LogP contribution >= 0.6 is 11.6 Å². The maximum absolute atomic E-state index is 11.8. The SMILES string of the molecule is Cc1nn(-c2ccccc2)c(Cl)c1CN(C)CC(=O)NC(C)C. The van der Waals surface area contributed by atoms with Gasteiger partial charge in [0.1, 0.15) is 5.15 Å². The molecular weight excluding hydrogens is 312 g/mol. The van der Waals surface area contributed by atoms with Gasteiger partial charge in [-0.1, -0.05) is 29.8 Å². The van der Waals surface area contributed by atoms with Gasteiger partial charge in [-0.25, -0.2) is 4.68 Å². The minimum Gasteiger partial charge on any atom is -0.353 e. The number of para-hydroxylation sites is 1. The highest BCUT2D eigenvalue weighted by Crippen LogP contribution is 2.24. The molecule has 0 aliphatic heterocycles. The van der Waals surface area contributed by atoms with Crippen LogP contribution in [0.4, 0.5) is 0 Å². The van der Waals surface area contributed by atoms with Crippen LogP contribution in [0.2, 0.25) is 5.15 Å². The third kappa shape index (κ3) is 4.56. The van der Waals surface area contributed by atoms with Crippen LogP contribution in [0.15, 0.2) is 30.3 Å². The molecule has 0 spiro atoms. The van der Waals surface area contributed by atoms with Crippen molar-refractivity contribution in [3.05, 3.63) is 46.7 Å². The van der Waals surface area contributed by atoms with Crippen molar-refractivity contribution in [3.63, 3.8) is 0 Å². The summed E-state index contributed by atoms with van der Waals surface area (Å²) in [5, 5.41) is 7.99. The highest BCUT2D eigenvalue weighted by atomic mass is 35.5. The molecule has 0 unspecified atom stereocenters. The van der Waals surface area contributed by atoms with Crippen molar-refractivity contribution in [2.24, 2.45) is 0 Å². The van der Waals surface area contributed by atoms with Crippen LogP contribution in [0.25, 0.3) is 5.69 Å². The van der Waals surface area contributed by atoms with Gasteiger partial charge >= 0.3 is 0 Å². The van der Waals surface area contributed by atoms with Gasteiger partial charge < -0.3 is 5.32 Å². The van der Waals surface area contributed by atoms with E-state index in [9.17, 15) is 4.79 Å². The van der Waals surface area contributed by atoms with Crippen LogP contribution in [-0.4, -0.2) is 40.2 Å². The number of hydrogen-bond acceptors (Lipinski definition) is 3. The second-order valence-electron chi connectivity index (χ2n) is 6.00. The summed E-state index contributed by atoms with van der Waals surface area (Å²) in [5.74, 6) is 0.00623. The Bertz CT molecular complexity index is 667. The van der Waals surface area contributed by atoms with Crippen molar-refractivity contribution in [2.75, 3.05) is 13.6 Å². The minimum atomic E-state index is 0.00623. The van der Waals surface area contributed by atoms with Crippen LogP contribution in [0.3, 0.4) is 0 Å². The summed E-state index contributed by atoms with van der Waals surface area (Å²) in [6, 6.07) is 9.91. The van der Waals surface area contributed by atoms with Gasteiger partial charge in [0.15, 0.2) is 0 Å². The molecule has 1 N–H and O–H groups in total. The molecule has 1 amide bonds. The summed E-state index contributed by atoms with van der Waals surface area (Å²) in [6.45, 7) is 6.72. The van der Waals surface area contributed by atoms with Gasteiger partial charge in [-0.15, -0.1) is 0 Å². The maximum Gasteiger partial charge on any atom is 0.234 e. The first-order valence-corrected chi connectivity index (χ1v) is 8.03. The zero-order valence-corrected chi connectivity index (χ0v) is 14.8. The Labute approximate surface area is 142 Å². The number of likely N-dealkylation sites (N-methyl/N-ethyl adjacent to an activating group) is 1. The molecule has 1 heterocycles. The predicted molar refractivity (Wildman–Crippen MR) is 92.9 cm³/mol. The molecule has 124 valence electrons. The fourth-order valence-electron chi connectivity index (χ4n) is 2.39. The average molecular weight is 335 g/mol. The van der Waals surface area contributed by atoms with Crippen molar-refractivity contribution >= 4 is 17.5 Å². The summed E-state index contributed by atoms with van der Waals surface area (Å²) in [7, 11) is 1.90. The molecule has 6 heteroatoms. The fourth-order valence-corrected chi connectivity index (χ4v) is 2.72. The van der Waals surface area contributed by atoms with Crippen molar-refractivity contribution in [2.45, 2.75) is 33.4 Å². The highest BCUT2D eigenvalue weighted by Gasteiger charge is 2.17. The Morgan fingerprint density at radius 3 is 2.61 bits per heavy atom. The first kappa shape index (κ1) is 17.5. The lowest BCUT2D eigenvalue weighted by molar-refractivity contribution is -0.122. The largest absolute Gasteiger partial charge is 0.353 e. The normalized spacial score (nSPS) is 11.3. The zero-order chi connectivity index (χ0) is 17.0. The maximum atomic E-state index is 11.8. The molecule has 0 aliphatic carbocycles. The van der Waals surface area contributed by atoms with Gasteiger partial charge in [0.25, 0.3) is 0 Å². The van der Waals surface area contributed by atoms with Crippen LogP contribution < -0.4 is 5.32 Å². The number of nitrogens with one attached hydrogen (secondary N) is 1. The molecule has 1 aromatic heterocycles. The van der Waals surface area contributed by atoms with E-state index >= 15 is 0 Å². The number of carbonyl (C=O) groups excluding carboxylic acids is 1. The van der Waals surface area contributed by atoms with Crippen molar-refractivity contribution in [3.8, 4) is 5.69 Å².